The van der Waals surface area contributed by atoms with Gasteiger partial charge in [0.1, 0.15) is 41.7 Å². The maximum Gasteiger partial charge on any atom is 0.408 e. The van der Waals surface area contributed by atoms with Crippen LogP contribution >= 0.6 is 22.6 Å². The summed E-state index contributed by atoms with van der Waals surface area (Å²) in [4.78, 5) is 74.0. The molecule has 2 heterocycles. The molecule has 300 valence electrons. The Balaban J connectivity index is 1.27. The van der Waals surface area contributed by atoms with Crippen LogP contribution in [0.4, 0.5) is 4.79 Å². The molecule has 6 rings (SSSR count). The van der Waals surface area contributed by atoms with Gasteiger partial charge in [-0.25, -0.2) is 18.2 Å². The third-order valence-corrected chi connectivity index (χ3v) is 12.8. The Morgan fingerprint density at radius 3 is 2.41 bits per heavy atom. The van der Waals surface area contributed by atoms with Crippen molar-refractivity contribution in [3.63, 3.8) is 0 Å². The first kappa shape index (κ1) is 40.9. The highest BCUT2D eigenvalue weighted by molar-refractivity contribution is 14.1. The number of halogens is 1. The molecule has 18 heteroatoms. The van der Waals surface area contributed by atoms with Crippen molar-refractivity contribution in [2.75, 3.05) is 13.7 Å². The summed E-state index contributed by atoms with van der Waals surface area (Å²) in [5.41, 5.74) is -1.78. The monoisotopic (exact) mass is 905 g/mol. The Bertz CT molecular complexity index is 2110. The summed E-state index contributed by atoms with van der Waals surface area (Å²) in [7, 11) is -2.37. The van der Waals surface area contributed by atoms with E-state index in [1.807, 2.05) is 28.7 Å². The lowest BCUT2D eigenvalue weighted by atomic mass is 10.1. The van der Waals surface area contributed by atoms with E-state index >= 15 is 0 Å². The summed E-state index contributed by atoms with van der Waals surface area (Å²) < 4.78 is 49.6. The quantitative estimate of drug-likeness (QED) is 0.121. The lowest BCUT2D eigenvalue weighted by Gasteiger charge is -2.30. The van der Waals surface area contributed by atoms with Gasteiger partial charge in [0, 0.05) is 21.9 Å². The number of nitrogens with one attached hydrogen (secondary N) is 3. The highest BCUT2D eigenvalue weighted by Gasteiger charge is 2.62. The van der Waals surface area contributed by atoms with E-state index < -0.39 is 84.7 Å². The number of sulfonamides is 1. The van der Waals surface area contributed by atoms with Crippen molar-refractivity contribution < 1.29 is 51.3 Å². The van der Waals surface area contributed by atoms with Gasteiger partial charge >= 0.3 is 12.1 Å². The van der Waals surface area contributed by atoms with Crippen LogP contribution in [-0.2, 0) is 45.3 Å². The number of likely N-dealkylation sites (tertiary alicyclic amines) is 1. The fraction of sp³-hybridized carbons (Fsp3) is 0.474. The van der Waals surface area contributed by atoms with Gasteiger partial charge in [-0.05, 0) is 75.2 Å². The summed E-state index contributed by atoms with van der Waals surface area (Å²) in [5, 5.41) is 5.96. The van der Waals surface area contributed by atoms with Gasteiger partial charge in [-0.2, -0.15) is 0 Å². The van der Waals surface area contributed by atoms with E-state index in [9.17, 15) is 32.4 Å². The van der Waals surface area contributed by atoms with Crippen molar-refractivity contribution in [2.24, 2.45) is 0 Å². The summed E-state index contributed by atoms with van der Waals surface area (Å²) in [6.45, 7) is 4.65. The molecule has 1 saturated heterocycles. The average molecular weight is 906 g/mol. The maximum atomic E-state index is 14.5. The molecule has 56 heavy (non-hydrogen) atoms. The van der Waals surface area contributed by atoms with E-state index in [1.54, 1.807) is 82.6 Å². The van der Waals surface area contributed by atoms with Crippen LogP contribution in [0.1, 0.15) is 58.4 Å². The SMILES string of the molecule is COc1ccc2c(O[C@@H]3C[C@@H](C(=O)N[C@]4(C(=O)NS(=O)(=O)C5CC5)C[C@H]4I)N(C(=O)[C@H](CC(=O)OCc4ccccc4)NC(=O)OC(C)(C)C)C3)nccc2c1. The van der Waals surface area contributed by atoms with Gasteiger partial charge < -0.3 is 34.5 Å². The van der Waals surface area contributed by atoms with Crippen LogP contribution in [0.15, 0.2) is 60.8 Å². The highest BCUT2D eigenvalue weighted by atomic mass is 127. The fourth-order valence-corrected chi connectivity index (χ4v) is 8.82. The summed E-state index contributed by atoms with van der Waals surface area (Å²) in [6, 6.07) is 13.2. The molecule has 1 aliphatic heterocycles. The summed E-state index contributed by atoms with van der Waals surface area (Å²) in [5.74, 6) is -2.38. The van der Waals surface area contributed by atoms with Crippen LogP contribution in [0.5, 0.6) is 11.6 Å². The predicted molar refractivity (Wildman–Crippen MR) is 210 cm³/mol. The molecule has 0 radical (unpaired) electrons. The molecule has 0 spiro atoms. The molecule has 3 N–H and O–H groups in total. The number of esters is 1. The standard InChI is InChI=1S/C38H44IN5O11S/c1-37(2,3)55-36(49)41-28(18-31(45)53-21-22-8-6-5-7-9-22)34(47)44-20-25(54-33-27-13-10-24(52-4)16-23(27)14-15-40-33)17-29(44)32(46)42-38(19-30(38)39)35(48)43-56(50,51)26-11-12-26/h5-10,13-16,25-26,28-30H,11-12,17-21H2,1-4H3,(H,41,49)(H,42,46)(H,43,48)/t25-,28+,29+,30-,38-/m1/s1. The Kier molecular flexibility index (Phi) is 12.0. The molecule has 0 bridgehead atoms. The zero-order valence-corrected chi connectivity index (χ0v) is 34.3. The zero-order chi connectivity index (χ0) is 40.4. The number of alkyl carbamates (subject to hydrolysis) is 1. The molecule has 3 fully saturated rings. The van der Waals surface area contributed by atoms with Crippen LogP contribution in [0, 0.1) is 0 Å². The smallest absolute Gasteiger partial charge is 0.408 e. The van der Waals surface area contributed by atoms with Crippen molar-refractivity contribution >= 4 is 73.2 Å². The minimum absolute atomic E-state index is 0.0760. The summed E-state index contributed by atoms with van der Waals surface area (Å²) in [6.07, 6.45) is 0.104. The number of aromatic nitrogens is 1. The minimum Gasteiger partial charge on any atom is -0.497 e. The molecule has 5 atom stereocenters. The third kappa shape index (κ3) is 9.80. The van der Waals surface area contributed by atoms with E-state index in [4.69, 9.17) is 18.9 Å². The topological polar surface area (TPSA) is 209 Å². The molecule has 1 aromatic heterocycles. The number of alkyl halides is 1. The van der Waals surface area contributed by atoms with Crippen molar-refractivity contribution in [1.29, 1.82) is 0 Å². The zero-order valence-electron chi connectivity index (χ0n) is 31.3. The maximum absolute atomic E-state index is 14.5. The van der Waals surface area contributed by atoms with E-state index in [1.165, 1.54) is 4.90 Å². The fourth-order valence-electron chi connectivity index (χ4n) is 6.33. The third-order valence-electron chi connectivity index (χ3n) is 9.49. The highest BCUT2D eigenvalue weighted by Crippen LogP contribution is 2.44. The van der Waals surface area contributed by atoms with Gasteiger partial charge in [-0.1, -0.05) is 52.9 Å². The second kappa shape index (κ2) is 16.4. The van der Waals surface area contributed by atoms with Crippen LogP contribution in [0.2, 0.25) is 0 Å². The number of carbonyl (C=O) groups excluding carboxylic acids is 5. The van der Waals surface area contributed by atoms with Gasteiger partial charge in [0.25, 0.3) is 5.91 Å². The Labute approximate surface area is 337 Å². The number of nitrogens with zero attached hydrogens (tertiary/aromatic N) is 2. The molecule has 4 amide bonds. The number of methoxy groups -OCH3 is 1. The van der Waals surface area contributed by atoms with E-state index in [0.717, 1.165) is 5.39 Å². The second-order valence-electron chi connectivity index (χ2n) is 15.0. The first-order chi connectivity index (χ1) is 26.5. The molecule has 2 aromatic carbocycles. The Hall–Kier alpha value is -4.72. The molecule has 0 unspecified atom stereocenters. The molecular formula is C38H44IN5O11S. The molecule has 3 aliphatic rings. The van der Waals surface area contributed by atoms with Crippen molar-refractivity contribution in [1.82, 2.24) is 25.2 Å². The second-order valence-corrected chi connectivity index (χ2v) is 18.5. The number of hydrogen-bond donors (Lipinski definition) is 3. The van der Waals surface area contributed by atoms with Gasteiger partial charge in [0.2, 0.25) is 27.7 Å². The molecule has 2 aliphatic carbocycles. The molecule has 2 saturated carbocycles. The largest absolute Gasteiger partial charge is 0.497 e. The number of rotatable bonds is 14. The van der Waals surface area contributed by atoms with Crippen LogP contribution in [-0.4, -0.2) is 100 Å². The van der Waals surface area contributed by atoms with Crippen molar-refractivity contribution in [2.45, 2.75) is 98.0 Å². The van der Waals surface area contributed by atoms with Crippen LogP contribution in [0.25, 0.3) is 10.8 Å². The molecule has 3 aromatic rings. The number of amides is 4. The Morgan fingerprint density at radius 2 is 1.77 bits per heavy atom. The minimum atomic E-state index is -3.92. The van der Waals surface area contributed by atoms with Crippen LogP contribution < -0.4 is 24.8 Å². The first-order valence-electron chi connectivity index (χ1n) is 18.1. The van der Waals surface area contributed by atoms with E-state index in [-0.39, 0.29) is 31.9 Å². The Morgan fingerprint density at radius 1 is 1.05 bits per heavy atom. The number of fused-ring (bicyclic) bond motifs is 1. The van der Waals surface area contributed by atoms with Crippen LogP contribution in [0.3, 0.4) is 0 Å². The lowest BCUT2D eigenvalue weighted by Crippen LogP contribution is -2.58. The molecule has 16 nitrogen and oxygen atoms in total. The average Bonchev–Trinajstić information content (AvgIpc) is 4.06. The number of hydrogen-bond acceptors (Lipinski definition) is 12. The van der Waals surface area contributed by atoms with Gasteiger partial charge in [-0.3, -0.25) is 23.9 Å². The van der Waals surface area contributed by atoms with E-state index in [0.29, 0.717) is 29.5 Å². The summed E-state index contributed by atoms with van der Waals surface area (Å²) >= 11 is 1.97. The normalized spacial score (nSPS) is 22.4. The number of ether oxygens (including phenoxy) is 4. The predicted octanol–water partition coefficient (Wildman–Crippen LogP) is 3.29. The first-order valence-corrected chi connectivity index (χ1v) is 20.9. The van der Waals surface area contributed by atoms with Gasteiger partial charge in [0.05, 0.1) is 25.3 Å². The van der Waals surface area contributed by atoms with Gasteiger partial charge in [0.15, 0.2) is 0 Å². The lowest BCUT2D eigenvalue weighted by molar-refractivity contribution is -0.149. The molecular weight excluding hydrogens is 861 g/mol. The number of carbonyl (C=O) groups is 5. The number of pyridine rings is 1. The van der Waals surface area contributed by atoms with Crippen molar-refractivity contribution in [3.05, 3.63) is 66.4 Å². The van der Waals surface area contributed by atoms with Crippen molar-refractivity contribution in [3.8, 4) is 11.6 Å². The van der Waals surface area contributed by atoms with E-state index in [2.05, 4.69) is 20.3 Å². The number of benzene rings is 2. The van der Waals surface area contributed by atoms with Gasteiger partial charge in [-0.15, -0.1) is 0 Å².